The first-order valence-electron chi connectivity index (χ1n) is 35.6. The molecule has 0 saturated carbocycles. The van der Waals surface area contributed by atoms with Crippen molar-refractivity contribution in [2.24, 2.45) is 0 Å². The molecule has 2 unspecified atom stereocenters. The van der Waals surface area contributed by atoms with Crippen LogP contribution in [0.15, 0.2) is 194 Å². The van der Waals surface area contributed by atoms with Crippen LogP contribution in [-0.2, 0) is 33.3 Å². The number of allylic oxidation sites excluding steroid dienone is 32. The maximum Gasteiger partial charge on any atom is 0.361 e. The van der Waals surface area contributed by atoms with Gasteiger partial charge in [-0.3, -0.25) is 9.59 Å². The van der Waals surface area contributed by atoms with Gasteiger partial charge in [0.15, 0.2) is 6.10 Å². The molecule has 0 radical (unpaired) electrons. The maximum atomic E-state index is 12.9. The molecular formula is C82H130NO8+. The van der Waals surface area contributed by atoms with Crippen molar-refractivity contribution in [2.75, 3.05) is 47.5 Å². The number of esters is 2. The molecule has 1 N–H and O–H groups in total. The van der Waals surface area contributed by atoms with Gasteiger partial charge >= 0.3 is 17.9 Å². The van der Waals surface area contributed by atoms with E-state index in [9.17, 15) is 19.5 Å². The first-order chi connectivity index (χ1) is 44.6. The van der Waals surface area contributed by atoms with Crippen LogP contribution in [-0.4, -0.2) is 87.4 Å². The summed E-state index contributed by atoms with van der Waals surface area (Å²) in [5.74, 6) is -2.06. The molecule has 2 atom stereocenters. The third kappa shape index (κ3) is 71.4. The fourth-order valence-electron chi connectivity index (χ4n) is 8.99. The lowest BCUT2D eigenvalue weighted by molar-refractivity contribution is -0.870. The summed E-state index contributed by atoms with van der Waals surface area (Å²) >= 11 is 0. The van der Waals surface area contributed by atoms with Gasteiger partial charge in [-0.15, -0.1) is 0 Å². The topological polar surface area (TPSA) is 108 Å². The number of nitrogens with zero attached hydrogens (tertiary/aromatic N) is 1. The predicted octanol–water partition coefficient (Wildman–Crippen LogP) is 22.6. The Morgan fingerprint density at radius 2 is 0.593 bits per heavy atom. The average Bonchev–Trinajstić information content (AvgIpc) is 3.53. The molecule has 0 aliphatic carbocycles. The first-order valence-corrected chi connectivity index (χ1v) is 35.6. The van der Waals surface area contributed by atoms with Gasteiger partial charge in [0.2, 0.25) is 0 Å². The van der Waals surface area contributed by atoms with Crippen molar-refractivity contribution in [3.8, 4) is 0 Å². The highest BCUT2D eigenvalue weighted by molar-refractivity contribution is 5.71. The van der Waals surface area contributed by atoms with Crippen LogP contribution in [0.25, 0.3) is 0 Å². The van der Waals surface area contributed by atoms with Gasteiger partial charge in [0.1, 0.15) is 13.2 Å². The maximum absolute atomic E-state index is 12.9. The fourth-order valence-corrected chi connectivity index (χ4v) is 8.99. The summed E-state index contributed by atoms with van der Waals surface area (Å²) in [7, 11) is 5.95. The molecule has 0 aliphatic heterocycles. The van der Waals surface area contributed by atoms with Crippen LogP contribution in [0.2, 0.25) is 0 Å². The number of carbonyl (C=O) groups is 3. The first kappa shape index (κ1) is 85.1. The van der Waals surface area contributed by atoms with Gasteiger partial charge in [0.25, 0.3) is 6.29 Å². The summed E-state index contributed by atoms with van der Waals surface area (Å²) in [4.78, 5) is 37.6. The van der Waals surface area contributed by atoms with Crippen molar-refractivity contribution >= 4 is 17.9 Å². The number of unbranched alkanes of at least 4 members (excludes halogenated alkanes) is 16. The summed E-state index contributed by atoms with van der Waals surface area (Å²) in [5.41, 5.74) is 0. The number of carboxylic acids is 1. The van der Waals surface area contributed by atoms with E-state index in [4.69, 9.17) is 18.9 Å². The third-order valence-corrected chi connectivity index (χ3v) is 14.3. The van der Waals surface area contributed by atoms with Crippen LogP contribution in [0.3, 0.4) is 0 Å². The van der Waals surface area contributed by atoms with Crippen molar-refractivity contribution in [1.82, 2.24) is 0 Å². The number of quaternary nitrogens is 1. The van der Waals surface area contributed by atoms with Crippen molar-refractivity contribution in [2.45, 2.75) is 257 Å². The van der Waals surface area contributed by atoms with Crippen molar-refractivity contribution in [3.05, 3.63) is 194 Å². The van der Waals surface area contributed by atoms with Crippen LogP contribution in [0.1, 0.15) is 245 Å². The molecule has 9 nitrogen and oxygen atoms in total. The number of hydrogen-bond donors (Lipinski definition) is 1. The summed E-state index contributed by atoms with van der Waals surface area (Å²) in [6.45, 7) is 4.60. The molecule has 0 heterocycles. The van der Waals surface area contributed by atoms with Gasteiger partial charge in [-0.05, 0) is 141 Å². The zero-order chi connectivity index (χ0) is 66.1. The monoisotopic (exact) mass is 1260 g/mol. The number of aliphatic carboxylic acids is 1. The standard InChI is InChI=1S/C82H129NO8/c1-6-8-10-12-14-16-18-20-22-24-26-28-30-32-33-34-35-36-37-38-39-40-41-42-43-44-45-46-47-49-51-53-55-57-59-61-63-65-67-69-71-73-80(85)91-78(77-90-82(81(86)87)88-75-74-83(3,4)5)76-89-79(84)72-70-68-66-64-62-60-58-56-54-52-50-48-31-29-27-25-23-21-19-17-15-13-11-9-7-2/h8-11,14-17,20-23,26-29,32-33,35-36,38-39,41-42,44-45,47,49,53,55,59,61,78,82H,6-7,12-13,18-19,24-25,30-31,34,37,40,43,46,48,50-52,54,56-58,60,62-77H2,1-5H3/p+1/b10-8-,11-9-,16-14-,17-15-,22-20-,23-21-,28-26-,29-27-,33-32-,36-35-,39-38-,42-41-,45-44-,49-47-,55-53-,61-59-. The summed E-state index contributed by atoms with van der Waals surface area (Å²) in [6, 6.07) is 0. The lowest BCUT2D eigenvalue weighted by Gasteiger charge is -2.25. The van der Waals surface area contributed by atoms with Gasteiger partial charge in [0, 0.05) is 12.8 Å². The minimum Gasteiger partial charge on any atom is -0.477 e. The Kier molecular flexibility index (Phi) is 65.5. The van der Waals surface area contributed by atoms with Crippen LogP contribution in [0.5, 0.6) is 0 Å². The molecule has 91 heavy (non-hydrogen) atoms. The van der Waals surface area contributed by atoms with E-state index in [0.29, 0.717) is 17.4 Å². The molecule has 0 fully saturated rings. The summed E-state index contributed by atoms with van der Waals surface area (Å²) in [6.07, 6.45) is 105. The number of rotatable bonds is 63. The highest BCUT2D eigenvalue weighted by Crippen LogP contribution is 2.15. The summed E-state index contributed by atoms with van der Waals surface area (Å²) in [5, 5.41) is 9.75. The largest absolute Gasteiger partial charge is 0.477 e. The normalized spacial score (nSPS) is 13.9. The Morgan fingerprint density at radius 3 is 0.879 bits per heavy atom. The van der Waals surface area contributed by atoms with E-state index in [0.717, 1.165) is 148 Å². The smallest absolute Gasteiger partial charge is 0.361 e. The van der Waals surface area contributed by atoms with Gasteiger partial charge in [-0.25, -0.2) is 4.79 Å². The van der Waals surface area contributed by atoms with Crippen LogP contribution >= 0.6 is 0 Å². The lowest BCUT2D eigenvalue weighted by Crippen LogP contribution is -2.40. The van der Waals surface area contributed by atoms with E-state index in [1.807, 2.05) is 21.1 Å². The predicted molar refractivity (Wildman–Crippen MR) is 391 cm³/mol. The van der Waals surface area contributed by atoms with E-state index in [1.165, 1.54) is 64.2 Å². The number of hydrogen-bond acceptors (Lipinski definition) is 7. The summed E-state index contributed by atoms with van der Waals surface area (Å²) < 4.78 is 22.9. The van der Waals surface area contributed by atoms with Crippen LogP contribution in [0, 0.1) is 0 Å². The minimum absolute atomic E-state index is 0.172. The lowest BCUT2D eigenvalue weighted by atomic mass is 10.0. The Hall–Kier alpha value is -5.87. The number of ether oxygens (including phenoxy) is 4. The molecule has 9 heteroatoms. The van der Waals surface area contributed by atoms with Crippen molar-refractivity contribution < 1.29 is 42.9 Å². The van der Waals surface area contributed by atoms with Gasteiger partial charge < -0.3 is 28.5 Å². The molecule has 0 aromatic carbocycles. The number of carbonyl (C=O) groups excluding carboxylic acids is 2. The Morgan fingerprint density at radius 1 is 0.330 bits per heavy atom. The molecular weight excluding hydrogens is 1130 g/mol. The Bertz CT molecular complexity index is 2200. The van der Waals surface area contributed by atoms with Crippen LogP contribution < -0.4 is 0 Å². The second kappa shape index (κ2) is 70.0. The SMILES string of the molecule is CC/C=C\C/C=C\C/C=C\C/C=C\C/C=C\C/C=C\C/C=C\C/C=C\C/C=C\C/C=C\C/C=C\C/C=C\CCCCCCC(=O)OC(COC(=O)CCCCCCCCCCCCCC/C=C\C/C=C\C/C=C\C/C=C\CC)COC(OCC[N+](C)(C)C)C(=O)O. The Labute approximate surface area is 557 Å². The fraction of sp³-hybridized carbons (Fsp3) is 0.573. The average molecular weight is 1260 g/mol. The van der Waals surface area contributed by atoms with E-state index in [-0.39, 0.29) is 38.6 Å². The van der Waals surface area contributed by atoms with Crippen molar-refractivity contribution in [3.63, 3.8) is 0 Å². The second-order valence-corrected chi connectivity index (χ2v) is 24.1. The van der Waals surface area contributed by atoms with Crippen LogP contribution in [0.4, 0.5) is 0 Å². The minimum atomic E-state index is -1.53. The molecule has 510 valence electrons. The number of likely N-dealkylation sites (N-methyl/N-ethyl adjacent to an activating group) is 1. The van der Waals surface area contributed by atoms with Crippen molar-refractivity contribution in [1.29, 1.82) is 0 Å². The molecule has 0 aliphatic rings. The quantitative estimate of drug-likeness (QED) is 0.0211. The zero-order valence-corrected chi connectivity index (χ0v) is 58.2. The highest BCUT2D eigenvalue weighted by atomic mass is 16.7. The highest BCUT2D eigenvalue weighted by Gasteiger charge is 2.25. The molecule has 0 aromatic heterocycles. The van der Waals surface area contributed by atoms with Gasteiger partial charge in [0.05, 0.1) is 34.4 Å². The molecule has 0 spiro atoms. The molecule has 0 saturated heterocycles. The third-order valence-electron chi connectivity index (χ3n) is 14.3. The van der Waals surface area contributed by atoms with E-state index in [2.05, 4.69) is 208 Å². The van der Waals surface area contributed by atoms with E-state index >= 15 is 0 Å². The van der Waals surface area contributed by atoms with E-state index in [1.54, 1.807) is 0 Å². The molecule has 0 rings (SSSR count). The van der Waals surface area contributed by atoms with Gasteiger partial charge in [-0.2, -0.15) is 0 Å². The Balaban J connectivity index is 4.25. The van der Waals surface area contributed by atoms with E-state index < -0.39 is 24.3 Å². The molecule has 0 aromatic rings. The zero-order valence-electron chi connectivity index (χ0n) is 58.2. The molecule has 0 amide bonds. The molecule has 0 bridgehead atoms. The van der Waals surface area contributed by atoms with Gasteiger partial charge in [-0.1, -0.05) is 285 Å². The number of carboxylic acid groups (broad SMARTS) is 1. The second-order valence-electron chi connectivity index (χ2n) is 24.1.